The lowest BCUT2D eigenvalue weighted by Crippen LogP contribution is -2.71. The Balaban J connectivity index is 0.909. The van der Waals surface area contributed by atoms with E-state index < -0.39 is 150 Å². The number of ether oxygens (including phenoxy) is 1. The zero-order chi connectivity index (χ0) is 57.3. The standard InChI is InChI=1S/C55H59FN8O14S/c1-8-62-23-26(40(65)25-21-28(56)30(22-29(25)62)63-19-17-61(7)18-20-63)48(72)58-37(24-13-10-9-11-14-24)49(73)59-38-50(74)64-44(53(2,3)79-51(38)64)52(75)78-31-16-12-15-27-32(31)41(66)33-35(54(27,4)76)43(68)36-39(60(5)6)42(67)34(47(57)71)46(70)55(36,77)45(33)69/h9-16,21-23,35-39,43-44,51,66,68,70,76-77H,8,17-20H2,1-7H3,(H2,57,71)(H,58,72)(H,59,73). The number of nitrogens with one attached hydrogen (secondary N) is 2. The van der Waals surface area contributed by atoms with Gasteiger partial charge in [-0.25, -0.2) is 9.18 Å². The lowest BCUT2D eigenvalue weighted by atomic mass is 9.53. The number of esters is 1. The van der Waals surface area contributed by atoms with E-state index in [2.05, 4.69) is 15.5 Å². The fourth-order valence-corrected chi connectivity index (χ4v) is 14.1. The van der Waals surface area contributed by atoms with Crippen LogP contribution >= 0.6 is 11.8 Å². The van der Waals surface area contributed by atoms with Crippen LogP contribution in [0.2, 0.25) is 0 Å². The normalized spacial score (nSPS) is 28.7. The van der Waals surface area contributed by atoms with E-state index >= 15 is 4.39 Å². The lowest BCUT2D eigenvalue weighted by Gasteiger charge is -2.55. The molecule has 4 heterocycles. The molecule has 4 fully saturated rings. The minimum Gasteiger partial charge on any atom is -0.508 e. The summed E-state index contributed by atoms with van der Waals surface area (Å²) in [4.78, 5) is 119. The predicted molar refractivity (Wildman–Crippen MR) is 284 cm³/mol. The number of pyridine rings is 1. The fourth-order valence-electron chi connectivity index (χ4n) is 12.5. The van der Waals surface area contributed by atoms with Gasteiger partial charge >= 0.3 is 5.97 Å². The number of hydrogen-bond donors (Lipinski definition) is 8. The zero-order valence-electron chi connectivity index (χ0n) is 44.0. The summed E-state index contributed by atoms with van der Waals surface area (Å²) in [5.74, 6) is -14.8. The number of primary amides is 1. The number of hydrogen-bond acceptors (Lipinski definition) is 18. The summed E-state index contributed by atoms with van der Waals surface area (Å²) >= 11 is 1.15. The van der Waals surface area contributed by atoms with Crippen LogP contribution in [-0.2, 0) is 40.9 Å². The molecule has 9 N–H and O–H groups in total. The number of likely N-dealkylation sites (N-methyl/N-ethyl adjacent to an activating group) is 2. The summed E-state index contributed by atoms with van der Waals surface area (Å²) in [5, 5.41) is 64.5. The number of nitrogens with zero attached hydrogens (tertiary/aromatic N) is 5. The molecule has 0 spiro atoms. The van der Waals surface area contributed by atoms with Gasteiger partial charge < -0.3 is 65.9 Å². The molecule has 6 aliphatic rings. The molecule has 4 aromatic rings. The zero-order valence-corrected chi connectivity index (χ0v) is 44.8. The maximum absolute atomic E-state index is 15.8. The molecular weight excluding hydrogens is 1050 g/mol. The van der Waals surface area contributed by atoms with Gasteiger partial charge in [-0.1, -0.05) is 42.5 Å². The van der Waals surface area contributed by atoms with Crippen molar-refractivity contribution in [2.45, 2.75) is 85.8 Å². The highest BCUT2D eigenvalue weighted by Crippen LogP contribution is 2.58. The van der Waals surface area contributed by atoms with Gasteiger partial charge in [0.2, 0.25) is 23.0 Å². The van der Waals surface area contributed by atoms with Gasteiger partial charge in [-0.05, 0) is 78.2 Å². The SMILES string of the molecule is CCn1cc(C(=O)NC(C(=O)NC2C(=O)N3C2SC(C)(C)C3C(=O)Oc2cccc3c2C(O)=C2C(=O)C4(O)C(O)=C(C(N)=O)C(=O)C(N(C)C)C4C(O)C2C3(C)O)c2ccccc2)c(=O)c2cc(F)c(N3CCN(C)CC3)cc21. The maximum atomic E-state index is 15.8. The number of thioether (sulfide) groups is 1. The summed E-state index contributed by atoms with van der Waals surface area (Å²) in [5.41, 5.74) is -2.72. The number of anilines is 1. The predicted octanol–water partition coefficient (Wildman–Crippen LogP) is 0.744. The molecule has 1 saturated carbocycles. The lowest BCUT2D eigenvalue weighted by molar-refractivity contribution is -0.181. The van der Waals surface area contributed by atoms with Crippen LogP contribution in [0.15, 0.2) is 88.6 Å². The van der Waals surface area contributed by atoms with Crippen LogP contribution in [0.5, 0.6) is 5.75 Å². The highest BCUT2D eigenvalue weighted by atomic mass is 32.2. The Hall–Kier alpha value is -7.48. The number of benzene rings is 3. The number of carbonyl (C=O) groups excluding carboxylic acids is 7. The monoisotopic (exact) mass is 1110 g/mol. The van der Waals surface area contributed by atoms with E-state index in [9.17, 15) is 63.9 Å². The van der Waals surface area contributed by atoms with Gasteiger partial charge in [0.1, 0.15) is 57.7 Å². The van der Waals surface area contributed by atoms with E-state index in [0.717, 1.165) is 30.9 Å². The number of ketones is 2. The summed E-state index contributed by atoms with van der Waals surface area (Å²) < 4.78 is 22.3. The average Bonchev–Trinajstić information content (AvgIpc) is 3.77. The van der Waals surface area contributed by atoms with Gasteiger partial charge in [0.25, 0.3) is 11.8 Å². The number of aromatic nitrogens is 1. The van der Waals surface area contributed by atoms with Gasteiger partial charge in [0, 0.05) is 49.1 Å². The molecule has 3 saturated heterocycles. The molecule has 24 heteroatoms. The number of fused-ring (bicyclic) bond motifs is 5. The molecule has 1 aromatic heterocycles. The van der Waals surface area contributed by atoms with Crippen LogP contribution in [0, 0.1) is 17.7 Å². The fraction of sp³-hybridized carbons (Fsp3) is 0.418. The molecule has 22 nitrogen and oxygen atoms in total. The second kappa shape index (κ2) is 19.4. The van der Waals surface area contributed by atoms with Crippen molar-refractivity contribution in [1.29, 1.82) is 0 Å². The summed E-state index contributed by atoms with van der Waals surface area (Å²) in [6.45, 7) is 9.20. The van der Waals surface area contributed by atoms with E-state index in [1.165, 1.54) is 55.2 Å². The molecule has 3 aliphatic heterocycles. The Morgan fingerprint density at radius 1 is 0.962 bits per heavy atom. The number of carbonyl (C=O) groups is 7. The second-order valence-electron chi connectivity index (χ2n) is 21.8. The van der Waals surface area contributed by atoms with Gasteiger partial charge in [-0.3, -0.25) is 38.5 Å². The molecular formula is C55H59FN8O14S. The summed E-state index contributed by atoms with van der Waals surface area (Å²) in [6.07, 6.45) is -0.707. The first-order chi connectivity index (χ1) is 37.2. The van der Waals surface area contributed by atoms with Crippen LogP contribution < -0.4 is 31.4 Å². The van der Waals surface area contributed by atoms with Crippen molar-refractivity contribution < 1.29 is 68.2 Å². The van der Waals surface area contributed by atoms with Gasteiger partial charge in [0.15, 0.2) is 11.4 Å². The molecule has 10 atom stereocenters. The van der Waals surface area contributed by atoms with E-state index in [1.54, 1.807) is 61.7 Å². The van der Waals surface area contributed by atoms with Crippen LogP contribution in [0.1, 0.15) is 60.8 Å². The third kappa shape index (κ3) is 8.32. The van der Waals surface area contributed by atoms with E-state index in [1.807, 2.05) is 11.9 Å². The number of piperazine rings is 1. The van der Waals surface area contributed by atoms with E-state index in [4.69, 9.17) is 10.5 Å². The molecule has 10 unspecified atom stereocenters. The number of rotatable bonds is 11. The summed E-state index contributed by atoms with van der Waals surface area (Å²) in [7, 11) is 4.69. The molecule has 0 bridgehead atoms. The van der Waals surface area contributed by atoms with Gasteiger partial charge in [-0.15, -0.1) is 11.8 Å². The van der Waals surface area contributed by atoms with E-state index in [0.29, 0.717) is 36.4 Å². The van der Waals surface area contributed by atoms with Crippen LogP contribution in [0.4, 0.5) is 10.1 Å². The topological polar surface area (TPSA) is 315 Å². The minimum atomic E-state index is -3.24. The van der Waals surface area contributed by atoms with Gasteiger partial charge in [0.05, 0.1) is 51.9 Å². The Morgan fingerprint density at radius 2 is 1.63 bits per heavy atom. The van der Waals surface area contributed by atoms with Crippen LogP contribution in [0.25, 0.3) is 16.7 Å². The van der Waals surface area contributed by atoms with Crippen LogP contribution in [0.3, 0.4) is 0 Å². The number of aliphatic hydroxyl groups excluding tert-OH is 3. The summed E-state index contributed by atoms with van der Waals surface area (Å²) in [6, 6.07) is 8.98. The van der Waals surface area contributed by atoms with Gasteiger partial charge in [-0.2, -0.15) is 0 Å². The maximum Gasteiger partial charge on any atom is 0.335 e. The smallest absolute Gasteiger partial charge is 0.335 e. The highest BCUT2D eigenvalue weighted by molar-refractivity contribution is 8.01. The highest BCUT2D eigenvalue weighted by Gasteiger charge is 2.70. The Labute approximate surface area is 455 Å². The largest absolute Gasteiger partial charge is 0.508 e. The molecule has 79 heavy (non-hydrogen) atoms. The quantitative estimate of drug-likeness (QED) is 0.0445. The first-order valence-corrected chi connectivity index (χ1v) is 26.4. The van der Waals surface area contributed by atoms with E-state index in [-0.39, 0.29) is 16.5 Å². The third-order valence-corrected chi connectivity index (χ3v) is 18.0. The van der Waals surface area contributed by atoms with Crippen molar-refractivity contribution >= 4 is 75.3 Å². The Morgan fingerprint density at radius 3 is 2.27 bits per heavy atom. The van der Waals surface area contributed by atoms with Crippen molar-refractivity contribution in [2.24, 2.45) is 17.6 Å². The first kappa shape index (κ1) is 54.9. The van der Waals surface area contributed by atoms with Crippen LogP contribution in [-0.4, -0.2) is 173 Å². The third-order valence-electron chi connectivity index (χ3n) is 16.4. The first-order valence-electron chi connectivity index (χ1n) is 25.6. The average molecular weight is 1110 g/mol. The number of aliphatic hydroxyl groups is 5. The Kier molecular flexibility index (Phi) is 13.5. The van der Waals surface area contributed by atoms with Crippen molar-refractivity contribution in [1.82, 2.24) is 29.9 Å². The van der Waals surface area contributed by atoms with Crippen molar-refractivity contribution in [2.75, 3.05) is 52.2 Å². The second-order valence-corrected chi connectivity index (χ2v) is 23.6. The number of halogens is 1. The van der Waals surface area contributed by atoms with Crippen molar-refractivity contribution in [3.63, 3.8) is 0 Å². The van der Waals surface area contributed by atoms with Crippen molar-refractivity contribution in [3.8, 4) is 5.75 Å². The molecule has 4 amide bonds. The van der Waals surface area contributed by atoms with Crippen molar-refractivity contribution in [3.05, 3.63) is 122 Å². The minimum absolute atomic E-state index is 0.0319. The Bertz CT molecular complexity index is 3470. The molecule has 416 valence electrons. The molecule has 3 aromatic carbocycles. The number of amides is 4. The molecule has 10 rings (SSSR count). The molecule has 3 aliphatic carbocycles. The number of β-lactam (4-membered cyclic amide) rings is 1. The number of nitrogens with two attached hydrogens (primary N) is 1. The number of aryl methyl sites for hydroxylation is 1. The molecule has 0 radical (unpaired) electrons. The number of Topliss-reactive ketones (excluding diaryl/α,β-unsaturated/α-hetero) is 2.